The molecule has 1 aliphatic heterocycles. The monoisotopic (exact) mass is 374 g/mol. The molecule has 1 aliphatic rings. The lowest BCUT2D eigenvalue weighted by atomic mass is 10.1. The van der Waals surface area contributed by atoms with Crippen LogP contribution in [0.5, 0.6) is 5.75 Å². The average molecular weight is 374 g/mol. The molecule has 138 valence electrons. The highest BCUT2D eigenvalue weighted by Gasteiger charge is 2.30. The number of ether oxygens (including phenoxy) is 1. The molecule has 0 bridgehead atoms. The fourth-order valence-corrected chi connectivity index (χ4v) is 4.45. The minimum Gasteiger partial charge on any atom is -0.489 e. The van der Waals surface area contributed by atoms with Crippen molar-refractivity contribution in [2.24, 2.45) is 0 Å². The van der Waals surface area contributed by atoms with E-state index in [1.165, 1.54) is 23.4 Å². The van der Waals surface area contributed by atoms with E-state index in [0.717, 1.165) is 5.69 Å². The molecule has 3 rings (SSSR count). The number of rotatable bonds is 5. The smallest absolute Gasteiger partial charge is 0.243 e. The number of hydrogen-bond donors (Lipinski definition) is 0. The molecule has 0 N–H and O–H groups in total. The Hall–Kier alpha value is -2.25. The van der Waals surface area contributed by atoms with E-state index in [0.29, 0.717) is 37.2 Å². The van der Waals surface area contributed by atoms with Gasteiger partial charge in [0.2, 0.25) is 10.0 Å². The van der Waals surface area contributed by atoms with Crippen molar-refractivity contribution in [2.45, 2.75) is 37.7 Å². The number of benzene rings is 1. The predicted molar refractivity (Wildman–Crippen MR) is 97.8 cm³/mol. The van der Waals surface area contributed by atoms with E-state index in [4.69, 9.17) is 4.74 Å². The van der Waals surface area contributed by atoms with Gasteiger partial charge in [-0.15, -0.1) is 0 Å². The van der Waals surface area contributed by atoms with Gasteiger partial charge >= 0.3 is 0 Å². The van der Waals surface area contributed by atoms with Crippen molar-refractivity contribution in [1.82, 2.24) is 9.29 Å². The van der Waals surface area contributed by atoms with Crippen LogP contribution in [0.25, 0.3) is 0 Å². The third kappa shape index (κ3) is 4.11. The number of piperidine rings is 1. The second kappa shape index (κ2) is 7.55. The van der Waals surface area contributed by atoms with Crippen molar-refractivity contribution in [3.05, 3.63) is 53.9 Å². The summed E-state index contributed by atoms with van der Waals surface area (Å²) in [5.41, 5.74) is 1.32. The highest BCUT2D eigenvalue weighted by molar-refractivity contribution is 7.89. The maximum absolute atomic E-state index is 12.8. The normalized spacial score (nSPS) is 16.4. The molecule has 7 heteroatoms. The maximum atomic E-state index is 12.8. The Morgan fingerprint density at radius 2 is 1.92 bits per heavy atom. The first kappa shape index (κ1) is 18.5. The molecule has 1 saturated heterocycles. The zero-order valence-corrected chi connectivity index (χ0v) is 15.7. The van der Waals surface area contributed by atoms with Crippen molar-refractivity contribution >= 4 is 15.8 Å². The zero-order chi connectivity index (χ0) is 18.7. The maximum Gasteiger partial charge on any atom is 0.243 e. The summed E-state index contributed by atoms with van der Waals surface area (Å²) in [5, 5.41) is 0. The van der Waals surface area contributed by atoms with Crippen LogP contribution in [0.15, 0.2) is 47.5 Å². The minimum absolute atomic E-state index is 0.0329. The van der Waals surface area contributed by atoms with E-state index >= 15 is 0 Å². The molecule has 2 heterocycles. The Morgan fingerprint density at radius 3 is 2.54 bits per heavy atom. The van der Waals surface area contributed by atoms with Crippen LogP contribution in [-0.4, -0.2) is 42.7 Å². The summed E-state index contributed by atoms with van der Waals surface area (Å²) in [4.78, 5) is 15.9. The van der Waals surface area contributed by atoms with Crippen molar-refractivity contribution in [1.29, 1.82) is 0 Å². The van der Waals surface area contributed by atoms with Gasteiger partial charge in [-0.3, -0.25) is 9.78 Å². The molecule has 0 radical (unpaired) electrons. The summed E-state index contributed by atoms with van der Waals surface area (Å²) in [6.45, 7) is 4.11. The molecule has 0 saturated carbocycles. The topological polar surface area (TPSA) is 76.6 Å². The molecule has 2 aromatic rings. The Kier molecular flexibility index (Phi) is 5.38. The number of aryl methyl sites for hydroxylation is 1. The fourth-order valence-electron chi connectivity index (χ4n) is 2.93. The molecule has 0 spiro atoms. The number of pyridine rings is 1. The van der Waals surface area contributed by atoms with Gasteiger partial charge in [-0.25, -0.2) is 8.42 Å². The second-order valence-electron chi connectivity index (χ2n) is 6.44. The highest BCUT2D eigenvalue weighted by Crippen LogP contribution is 2.24. The van der Waals surface area contributed by atoms with Crippen LogP contribution in [0, 0.1) is 6.92 Å². The van der Waals surface area contributed by atoms with Gasteiger partial charge in [0.25, 0.3) is 0 Å². The number of carbonyl (C=O) groups excluding carboxylic acids is 1. The number of nitrogens with zero attached hydrogens (tertiary/aromatic N) is 2. The molecule has 0 unspecified atom stereocenters. The molecule has 0 aliphatic carbocycles. The summed E-state index contributed by atoms with van der Waals surface area (Å²) in [6, 6.07) is 9.96. The van der Waals surface area contributed by atoms with Crippen molar-refractivity contribution in [2.75, 3.05) is 13.1 Å². The third-order valence-electron chi connectivity index (χ3n) is 4.47. The molecular weight excluding hydrogens is 352 g/mol. The van der Waals surface area contributed by atoms with E-state index in [1.54, 1.807) is 18.3 Å². The van der Waals surface area contributed by atoms with Crippen LogP contribution in [0.2, 0.25) is 0 Å². The fraction of sp³-hybridized carbons (Fsp3) is 0.368. The van der Waals surface area contributed by atoms with Gasteiger partial charge in [0.05, 0.1) is 11.1 Å². The lowest BCUT2D eigenvalue weighted by molar-refractivity contribution is 0.101. The van der Waals surface area contributed by atoms with Gasteiger partial charge in [0.15, 0.2) is 5.78 Å². The third-order valence-corrected chi connectivity index (χ3v) is 6.36. The molecular formula is C19H22N2O4S. The van der Waals surface area contributed by atoms with Crippen LogP contribution >= 0.6 is 0 Å². The van der Waals surface area contributed by atoms with Crippen LogP contribution < -0.4 is 4.74 Å². The number of Topliss-reactive ketones (excluding diaryl/α,β-unsaturated/α-hetero) is 1. The van der Waals surface area contributed by atoms with Gasteiger partial charge in [-0.2, -0.15) is 4.31 Å². The van der Waals surface area contributed by atoms with Crippen LogP contribution in [0.1, 0.15) is 35.8 Å². The largest absolute Gasteiger partial charge is 0.489 e. The molecule has 26 heavy (non-hydrogen) atoms. The Morgan fingerprint density at radius 1 is 1.19 bits per heavy atom. The molecule has 6 nitrogen and oxygen atoms in total. The van der Waals surface area contributed by atoms with E-state index in [9.17, 15) is 13.2 Å². The first-order valence-corrected chi connectivity index (χ1v) is 10.0. The lowest BCUT2D eigenvalue weighted by Crippen LogP contribution is -2.41. The summed E-state index contributed by atoms with van der Waals surface area (Å²) >= 11 is 0. The Balaban J connectivity index is 1.66. The van der Waals surface area contributed by atoms with Crippen molar-refractivity contribution < 1.29 is 17.9 Å². The first-order chi connectivity index (χ1) is 12.4. The van der Waals surface area contributed by atoms with Crippen LogP contribution in [0.4, 0.5) is 0 Å². The number of aromatic nitrogens is 1. The summed E-state index contributed by atoms with van der Waals surface area (Å²) in [5.74, 6) is 0.548. The molecule has 0 amide bonds. The summed E-state index contributed by atoms with van der Waals surface area (Å²) < 4.78 is 33.0. The van der Waals surface area contributed by atoms with Gasteiger partial charge in [-0.05, 0) is 51.0 Å². The van der Waals surface area contributed by atoms with Crippen LogP contribution in [-0.2, 0) is 10.0 Å². The number of carbonyl (C=O) groups is 1. The molecule has 1 aromatic heterocycles. The number of ketones is 1. The van der Waals surface area contributed by atoms with Crippen molar-refractivity contribution in [3.8, 4) is 5.75 Å². The minimum atomic E-state index is -3.61. The Bertz CT molecular complexity index is 886. The van der Waals surface area contributed by atoms with E-state index < -0.39 is 10.0 Å². The van der Waals surface area contributed by atoms with E-state index in [2.05, 4.69) is 4.98 Å². The first-order valence-electron chi connectivity index (χ1n) is 8.57. The zero-order valence-electron chi connectivity index (χ0n) is 14.9. The van der Waals surface area contributed by atoms with E-state index in [1.807, 2.05) is 19.1 Å². The average Bonchev–Trinajstić information content (AvgIpc) is 2.64. The molecule has 1 aromatic carbocycles. The highest BCUT2D eigenvalue weighted by atomic mass is 32.2. The van der Waals surface area contributed by atoms with Crippen molar-refractivity contribution in [3.63, 3.8) is 0 Å². The van der Waals surface area contributed by atoms with E-state index in [-0.39, 0.29) is 16.8 Å². The second-order valence-corrected chi connectivity index (χ2v) is 8.38. The number of sulfonamides is 1. The van der Waals surface area contributed by atoms with Gasteiger partial charge in [0, 0.05) is 24.3 Å². The van der Waals surface area contributed by atoms with Gasteiger partial charge < -0.3 is 4.74 Å². The lowest BCUT2D eigenvalue weighted by Gasteiger charge is -2.31. The molecule has 1 fully saturated rings. The quantitative estimate of drug-likeness (QED) is 0.752. The summed E-state index contributed by atoms with van der Waals surface area (Å²) in [7, 11) is -3.61. The SMILES string of the molecule is CC(=O)c1cccc(S(=O)(=O)N2CCC(Oc3ccc(C)nc3)CC2)c1. The Labute approximate surface area is 153 Å². The molecule has 0 atom stereocenters. The van der Waals surface area contributed by atoms with Crippen LogP contribution in [0.3, 0.4) is 0 Å². The van der Waals surface area contributed by atoms with Gasteiger partial charge in [-0.1, -0.05) is 12.1 Å². The number of hydrogen-bond acceptors (Lipinski definition) is 5. The predicted octanol–water partition coefficient (Wildman–Crippen LogP) is 2.82. The van der Waals surface area contributed by atoms with Gasteiger partial charge in [0.1, 0.15) is 11.9 Å². The summed E-state index contributed by atoms with van der Waals surface area (Å²) in [6.07, 6.45) is 2.87. The standard InChI is InChI=1S/C19H22N2O4S/c1-14-6-7-18(13-20-14)25-17-8-10-21(11-9-17)26(23,24)19-5-3-4-16(12-19)15(2)22/h3-7,12-13,17H,8-11H2,1-2H3.